The largest absolute Gasteiger partial charge is 0.481 e. The molecule has 0 saturated carbocycles. The molecule has 2 heterocycles. The van der Waals surface area contributed by atoms with Crippen molar-refractivity contribution in [3.05, 3.63) is 34.2 Å². The zero-order valence-electron chi connectivity index (χ0n) is 10.00. The third-order valence-corrected chi connectivity index (χ3v) is 3.18. The lowest BCUT2D eigenvalue weighted by molar-refractivity contribution is -0.141. The molecule has 1 aromatic rings. The number of carbonyl (C=O) groups excluding carboxylic acids is 1. The van der Waals surface area contributed by atoms with E-state index >= 15 is 0 Å². The van der Waals surface area contributed by atoms with Crippen LogP contribution in [-0.4, -0.2) is 39.5 Å². The van der Waals surface area contributed by atoms with Gasteiger partial charge in [-0.15, -0.1) is 0 Å². The molecule has 1 fully saturated rings. The average molecular weight is 250 g/mol. The molecule has 0 spiro atoms. The lowest BCUT2D eigenvalue weighted by atomic mass is 10.1. The Labute approximate surface area is 103 Å². The van der Waals surface area contributed by atoms with E-state index in [9.17, 15) is 14.4 Å². The summed E-state index contributed by atoms with van der Waals surface area (Å²) in [5.74, 6) is -1.66. The Bertz CT molecular complexity index is 549. The molecule has 1 amide bonds. The molecule has 0 bridgehead atoms. The van der Waals surface area contributed by atoms with Gasteiger partial charge in [-0.3, -0.25) is 14.4 Å². The van der Waals surface area contributed by atoms with Crippen LogP contribution in [0.25, 0.3) is 0 Å². The van der Waals surface area contributed by atoms with Crippen molar-refractivity contribution in [2.45, 2.75) is 6.42 Å². The van der Waals surface area contributed by atoms with Gasteiger partial charge in [0.2, 0.25) is 0 Å². The van der Waals surface area contributed by atoms with Crippen LogP contribution in [0.1, 0.15) is 16.8 Å². The number of rotatable bonds is 2. The number of likely N-dealkylation sites (tertiary alicyclic amines) is 1. The van der Waals surface area contributed by atoms with Crippen molar-refractivity contribution in [2.24, 2.45) is 13.0 Å². The van der Waals surface area contributed by atoms with Crippen LogP contribution in [0.5, 0.6) is 0 Å². The summed E-state index contributed by atoms with van der Waals surface area (Å²) in [6.07, 6.45) is 1.99. The van der Waals surface area contributed by atoms with Crippen molar-refractivity contribution in [3.8, 4) is 0 Å². The summed E-state index contributed by atoms with van der Waals surface area (Å²) < 4.78 is 1.38. The number of pyridine rings is 1. The molecule has 1 unspecified atom stereocenters. The maximum absolute atomic E-state index is 12.1. The minimum atomic E-state index is -0.880. The predicted molar refractivity (Wildman–Crippen MR) is 63.3 cm³/mol. The Kier molecular flexibility index (Phi) is 3.18. The first-order valence-electron chi connectivity index (χ1n) is 5.68. The van der Waals surface area contributed by atoms with Gasteiger partial charge in [-0.05, 0) is 12.5 Å². The van der Waals surface area contributed by atoms with E-state index < -0.39 is 11.9 Å². The van der Waals surface area contributed by atoms with Crippen LogP contribution in [-0.2, 0) is 11.8 Å². The average Bonchev–Trinajstić information content (AvgIpc) is 2.81. The second-order valence-electron chi connectivity index (χ2n) is 4.44. The number of carboxylic acids is 1. The van der Waals surface area contributed by atoms with Crippen molar-refractivity contribution in [2.75, 3.05) is 13.1 Å². The van der Waals surface area contributed by atoms with E-state index in [1.165, 1.54) is 21.7 Å². The van der Waals surface area contributed by atoms with Gasteiger partial charge in [0.05, 0.1) is 5.92 Å². The molecule has 1 aromatic heterocycles. The monoisotopic (exact) mass is 250 g/mol. The summed E-state index contributed by atoms with van der Waals surface area (Å²) >= 11 is 0. The smallest absolute Gasteiger partial charge is 0.308 e. The van der Waals surface area contributed by atoms with E-state index in [0.717, 1.165) is 0 Å². The van der Waals surface area contributed by atoms with Crippen LogP contribution in [0.15, 0.2) is 23.1 Å². The zero-order chi connectivity index (χ0) is 13.3. The Hall–Kier alpha value is -2.11. The highest BCUT2D eigenvalue weighted by atomic mass is 16.4. The van der Waals surface area contributed by atoms with Gasteiger partial charge in [0.1, 0.15) is 0 Å². The van der Waals surface area contributed by atoms with E-state index in [1.54, 1.807) is 13.1 Å². The van der Waals surface area contributed by atoms with Gasteiger partial charge in [0.15, 0.2) is 0 Å². The quantitative estimate of drug-likeness (QED) is 0.797. The van der Waals surface area contributed by atoms with Gasteiger partial charge in [0.25, 0.3) is 11.5 Å². The lowest BCUT2D eigenvalue weighted by Gasteiger charge is -2.15. The topological polar surface area (TPSA) is 79.6 Å². The summed E-state index contributed by atoms with van der Waals surface area (Å²) in [6, 6.07) is 2.84. The second-order valence-corrected chi connectivity index (χ2v) is 4.44. The second kappa shape index (κ2) is 4.64. The summed E-state index contributed by atoms with van der Waals surface area (Å²) in [5.41, 5.74) is 0.0546. The number of hydrogen-bond acceptors (Lipinski definition) is 3. The predicted octanol–water partition coefficient (Wildman–Crippen LogP) is -0.0680. The Balaban J connectivity index is 2.15. The number of aromatic nitrogens is 1. The minimum Gasteiger partial charge on any atom is -0.481 e. The number of carboxylic acid groups (broad SMARTS) is 1. The van der Waals surface area contributed by atoms with Gasteiger partial charge in [-0.1, -0.05) is 0 Å². The van der Waals surface area contributed by atoms with Gasteiger partial charge < -0.3 is 14.6 Å². The molecule has 0 radical (unpaired) electrons. The molecular formula is C12H14N2O4. The van der Waals surface area contributed by atoms with E-state index in [4.69, 9.17) is 5.11 Å². The normalized spacial score (nSPS) is 18.9. The lowest BCUT2D eigenvalue weighted by Crippen LogP contribution is -2.31. The first-order chi connectivity index (χ1) is 8.49. The molecule has 0 aliphatic carbocycles. The van der Waals surface area contributed by atoms with Crippen LogP contribution in [0.4, 0.5) is 0 Å². The van der Waals surface area contributed by atoms with Crippen LogP contribution in [0.3, 0.4) is 0 Å². The fourth-order valence-corrected chi connectivity index (χ4v) is 2.01. The number of hydrogen-bond donors (Lipinski definition) is 1. The van der Waals surface area contributed by atoms with Crippen molar-refractivity contribution in [3.63, 3.8) is 0 Å². The van der Waals surface area contributed by atoms with Crippen molar-refractivity contribution in [1.29, 1.82) is 0 Å². The molecule has 1 saturated heterocycles. The van der Waals surface area contributed by atoms with Crippen molar-refractivity contribution in [1.82, 2.24) is 9.47 Å². The van der Waals surface area contributed by atoms with Gasteiger partial charge in [0, 0.05) is 38.0 Å². The third kappa shape index (κ3) is 2.27. The van der Waals surface area contributed by atoms with E-state index in [0.29, 0.717) is 18.5 Å². The molecule has 96 valence electrons. The molecule has 0 aromatic carbocycles. The summed E-state index contributed by atoms with van der Waals surface area (Å²) in [6.45, 7) is 0.633. The van der Waals surface area contributed by atoms with E-state index in [2.05, 4.69) is 0 Å². The molecule has 18 heavy (non-hydrogen) atoms. The fourth-order valence-electron chi connectivity index (χ4n) is 2.01. The highest BCUT2D eigenvalue weighted by Crippen LogP contribution is 2.18. The number of carbonyl (C=O) groups is 2. The van der Waals surface area contributed by atoms with Crippen LogP contribution < -0.4 is 5.56 Å². The Morgan fingerprint density at radius 3 is 2.72 bits per heavy atom. The van der Waals surface area contributed by atoms with Crippen molar-refractivity contribution >= 4 is 11.9 Å². The standard InChI is InChI=1S/C12H14N2O4/c1-13-4-2-8(6-10(13)15)11(16)14-5-3-9(7-14)12(17)18/h2,4,6,9H,3,5,7H2,1H3,(H,17,18). The molecule has 6 nitrogen and oxygen atoms in total. The fraction of sp³-hybridized carbons (Fsp3) is 0.417. The SMILES string of the molecule is Cn1ccc(C(=O)N2CCC(C(=O)O)C2)cc1=O. The van der Waals surface area contributed by atoms with E-state index in [-0.39, 0.29) is 18.0 Å². The van der Waals surface area contributed by atoms with Crippen molar-refractivity contribution < 1.29 is 14.7 Å². The van der Waals surface area contributed by atoms with Gasteiger partial charge in [-0.2, -0.15) is 0 Å². The zero-order valence-corrected chi connectivity index (χ0v) is 10.00. The summed E-state index contributed by atoms with van der Waals surface area (Å²) in [7, 11) is 1.60. The summed E-state index contributed by atoms with van der Waals surface area (Å²) in [5, 5.41) is 8.87. The Morgan fingerprint density at radius 1 is 1.44 bits per heavy atom. The first-order valence-corrected chi connectivity index (χ1v) is 5.68. The number of amides is 1. The molecule has 1 atom stereocenters. The highest BCUT2D eigenvalue weighted by molar-refractivity contribution is 5.94. The minimum absolute atomic E-state index is 0.212. The first kappa shape index (κ1) is 12.3. The third-order valence-electron chi connectivity index (χ3n) is 3.18. The number of aliphatic carboxylic acids is 1. The van der Waals surface area contributed by atoms with Gasteiger partial charge >= 0.3 is 5.97 Å². The maximum atomic E-state index is 12.1. The highest BCUT2D eigenvalue weighted by Gasteiger charge is 2.31. The molecule has 1 aliphatic heterocycles. The molecule has 1 aliphatic rings. The van der Waals surface area contributed by atoms with Gasteiger partial charge in [-0.25, -0.2) is 0 Å². The van der Waals surface area contributed by atoms with Crippen LogP contribution in [0.2, 0.25) is 0 Å². The summed E-state index contributed by atoms with van der Waals surface area (Å²) in [4.78, 5) is 35.8. The molecule has 2 rings (SSSR count). The molecule has 6 heteroatoms. The Morgan fingerprint density at radius 2 is 2.17 bits per heavy atom. The number of nitrogens with zero attached hydrogens (tertiary/aromatic N) is 2. The molecule has 1 N–H and O–H groups in total. The number of aryl methyl sites for hydroxylation is 1. The maximum Gasteiger partial charge on any atom is 0.308 e. The van der Waals surface area contributed by atoms with E-state index in [1.807, 2.05) is 0 Å². The molecular weight excluding hydrogens is 236 g/mol. The van der Waals surface area contributed by atoms with Crippen LogP contribution >= 0.6 is 0 Å². The van der Waals surface area contributed by atoms with Crippen LogP contribution in [0, 0.1) is 5.92 Å².